The average Bonchev–Trinajstić information content (AvgIpc) is 3.50. The summed E-state index contributed by atoms with van der Waals surface area (Å²) in [6.45, 7) is 5.20. The molecule has 1 saturated heterocycles. The molecule has 9 heteroatoms. The number of hydrogen-bond acceptors (Lipinski definition) is 6. The third kappa shape index (κ3) is 3.83. The van der Waals surface area contributed by atoms with Gasteiger partial charge in [0, 0.05) is 42.3 Å². The molecule has 0 spiro atoms. The first-order valence-corrected chi connectivity index (χ1v) is 10.8. The molecule has 34 heavy (non-hydrogen) atoms. The monoisotopic (exact) mass is 453 g/mol. The molecule has 0 radical (unpaired) electrons. The largest absolute Gasteiger partial charge is 0.382 e. The first-order valence-electron chi connectivity index (χ1n) is 10.8. The summed E-state index contributed by atoms with van der Waals surface area (Å²) in [5.41, 5.74) is 9.63. The number of amides is 2. The molecule has 0 unspecified atom stereocenters. The minimum atomic E-state index is -0.196. The standard InChI is InChI=1S/C25H23N7O2/c1-2-20(33)30-14-15-31(16-30)25-29-21(22-23(26)27-12-13-32(22)25)17-8-10-18(11-9-17)24(34)28-19-6-4-3-5-7-19/h2-13H,1,14-16H2,(H2,26,27)(H,28,34). The average molecular weight is 454 g/mol. The van der Waals surface area contributed by atoms with Crippen molar-refractivity contribution in [1.82, 2.24) is 19.3 Å². The summed E-state index contributed by atoms with van der Waals surface area (Å²) in [5, 5.41) is 2.88. The number of nitrogen functional groups attached to an aromatic ring is 1. The Hall–Kier alpha value is -4.66. The van der Waals surface area contributed by atoms with Crippen LogP contribution in [-0.4, -0.2) is 50.8 Å². The second-order valence-corrected chi connectivity index (χ2v) is 7.90. The van der Waals surface area contributed by atoms with E-state index in [-0.39, 0.29) is 11.8 Å². The summed E-state index contributed by atoms with van der Waals surface area (Å²) >= 11 is 0. The van der Waals surface area contributed by atoms with Gasteiger partial charge in [0.1, 0.15) is 17.0 Å². The van der Waals surface area contributed by atoms with Gasteiger partial charge in [-0.25, -0.2) is 9.97 Å². The lowest BCUT2D eigenvalue weighted by molar-refractivity contribution is -0.124. The summed E-state index contributed by atoms with van der Waals surface area (Å²) in [6, 6.07) is 16.5. The van der Waals surface area contributed by atoms with Crippen molar-refractivity contribution in [3.05, 3.63) is 85.2 Å². The predicted molar refractivity (Wildman–Crippen MR) is 131 cm³/mol. The number of fused-ring (bicyclic) bond motifs is 1. The molecule has 9 nitrogen and oxygen atoms in total. The molecular weight excluding hydrogens is 430 g/mol. The molecule has 170 valence electrons. The normalized spacial score (nSPS) is 13.3. The lowest BCUT2D eigenvalue weighted by Crippen LogP contribution is -2.30. The van der Waals surface area contributed by atoms with Crippen LogP contribution in [0, 0.1) is 0 Å². The minimum Gasteiger partial charge on any atom is -0.382 e. The maximum absolute atomic E-state index is 12.6. The van der Waals surface area contributed by atoms with Crippen LogP contribution in [-0.2, 0) is 4.79 Å². The number of aromatic nitrogens is 3. The van der Waals surface area contributed by atoms with E-state index >= 15 is 0 Å². The highest BCUT2D eigenvalue weighted by Crippen LogP contribution is 2.32. The number of carbonyl (C=O) groups is 2. The van der Waals surface area contributed by atoms with Crippen molar-refractivity contribution in [3.8, 4) is 11.3 Å². The van der Waals surface area contributed by atoms with Crippen LogP contribution in [0.1, 0.15) is 10.4 Å². The van der Waals surface area contributed by atoms with Gasteiger partial charge in [0.05, 0.1) is 6.67 Å². The minimum absolute atomic E-state index is 0.117. The number of nitrogens with two attached hydrogens (primary N) is 1. The number of carbonyl (C=O) groups excluding carboxylic acids is 2. The van der Waals surface area contributed by atoms with E-state index in [4.69, 9.17) is 10.7 Å². The second-order valence-electron chi connectivity index (χ2n) is 7.90. The Labute approximate surface area is 196 Å². The molecule has 2 aromatic carbocycles. The Balaban J connectivity index is 1.46. The van der Waals surface area contributed by atoms with Crippen molar-refractivity contribution in [2.45, 2.75) is 0 Å². The molecule has 2 aromatic heterocycles. The van der Waals surface area contributed by atoms with Gasteiger partial charge in [-0.15, -0.1) is 0 Å². The number of rotatable bonds is 5. The highest BCUT2D eigenvalue weighted by Gasteiger charge is 2.27. The van der Waals surface area contributed by atoms with E-state index in [0.717, 1.165) is 11.3 Å². The number of nitrogens with one attached hydrogen (secondary N) is 1. The van der Waals surface area contributed by atoms with Crippen molar-refractivity contribution in [2.75, 3.05) is 35.7 Å². The lowest BCUT2D eigenvalue weighted by Gasteiger charge is -2.17. The van der Waals surface area contributed by atoms with Gasteiger partial charge in [-0.05, 0) is 30.3 Å². The van der Waals surface area contributed by atoms with E-state index in [0.29, 0.717) is 48.3 Å². The van der Waals surface area contributed by atoms with Crippen LogP contribution in [0.15, 0.2) is 79.6 Å². The van der Waals surface area contributed by atoms with Gasteiger partial charge in [-0.2, -0.15) is 0 Å². The molecule has 1 aliphatic rings. The Bertz CT molecular complexity index is 1380. The van der Waals surface area contributed by atoms with Crippen LogP contribution in [0.2, 0.25) is 0 Å². The fraction of sp³-hybridized carbons (Fsp3) is 0.120. The maximum Gasteiger partial charge on any atom is 0.255 e. The zero-order chi connectivity index (χ0) is 23.7. The molecular formula is C25H23N7O2. The van der Waals surface area contributed by atoms with E-state index in [9.17, 15) is 9.59 Å². The fourth-order valence-electron chi connectivity index (χ4n) is 4.04. The van der Waals surface area contributed by atoms with E-state index in [1.54, 1.807) is 29.4 Å². The van der Waals surface area contributed by atoms with Crippen molar-refractivity contribution < 1.29 is 9.59 Å². The van der Waals surface area contributed by atoms with Gasteiger partial charge in [0.15, 0.2) is 0 Å². The van der Waals surface area contributed by atoms with Crippen LogP contribution in [0.5, 0.6) is 0 Å². The molecule has 2 amide bonds. The van der Waals surface area contributed by atoms with Crippen LogP contribution in [0.4, 0.5) is 17.5 Å². The van der Waals surface area contributed by atoms with Gasteiger partial charge >= 0.3 is 0 Å². The zero-order valence-corrected chi connectivity index (χ0v) is 18.4. The highest BCUT2D eigenvalue weighted by molar-refractivity contribution is 6.04. The van der Waals surface area contributed by atoms with Crippen LogP contribution in [0.3, 0.4) is 0 Å². The van der Waals surface area contributed by atoms with Crippen molar-refractivity contribution >= 4 is 34.8 Å². The van der Waals surface area contributed by atoms with Crippen molar-refractivity contribution in [3.63, 3.8) is 0 Å². The lowest BCUT2D eigenvalue weighted by atomic mass is 10.1. The Morgan fingerprint density at radius 1 is 1.06 bits per heavy atom. The molecule has 0 aliphatic carbocycles. The molecule has 4 aromatic rings. The quantitative estimate of drug-likeness (QED) is 0.450. The fourth-order valence-corrected chi connectivity index (χ4v) is 4.04. The third-order valence-electron chi connectivity index (χ3n) is 5.77. The molecule has 1 fully saturated rings. The van der Waals surface area contributed by atoms with Crippen molar-refractivity contribution in [2.24, 2.45) is 0 Å². The van der Waals surface area contributed by atoms with Gasteiger partial charge < -0.3 is 20.9 Å². The second kappa shape index (κ2) is 8.70. The Morgan fingerprint density at radius 2 is 1.82 bits per heavy atom. The van der Waals surface area contributed by atoms with Gasteiger partial charge in [-0.3, -0.25) is 14.0 Å². The molecule has 3 heterocycles. The SMILES string of the molecule is C=CC(=O)N1CCN(c2nc(-c3ccc(C(=O)Nc4ccccc4)cc3)c3c(N)nccn23)C1. The topological polar surface area (TPSA) is 109 Å². The van der Waals surface area contributed by atoms with E-state index in [1.807, 2.05) is 51.8 Å². The highest BCUT2D eigenvalue weighted by atomic mass is 16.2. The van der Waals surface area contributed by atoms with Crippen molar-refractivity contribution in [1.29, 1.82) is 0 Å². The number of nitrogens with zero attached hydrogens (tertiary/aromatic N) is 5. The molecule has 0 bridgehead atoms. The summed E-state index contributed by atoms with van der Waals surface area (Å²) in [4.78, 5) is 37.5. The van der Waals surface area contributed by atoms with E-state index < -0.39 is 0 Å². The number of imidazole rings is 1. The Kier molecular flexibility index (Phi) is 5.43. The molecule has 5 rings (SSSR count). The summed E-state index contributed by atoms with van der Waals surface area (Å²) in [7, 11) is 0. The molecule has 0 saturated carbocycles. The van der Waals surface area contributed by atoms with Gasteiger partial charge in [-0.1, -0.05) is 36.9 Å². The van der Waals surface area contributed by atoms with E-state index in [1.165, 1.54) is 6.08 Å². The molecule has 0 atom stereocenters. The number of hydrogen-bond donors (Lipinski definition) is 2. The summed E-state index contributed by atoms with van der Waals surface area (Å²) in [6.07, 6.45) is 4.74. The first kappa shape index (κ1) is 21.2. The predicted octanol–water partition coefficient (Wildman–Crippen LogP) is 3.02. The number of benzene rings is 2. The van der Waals surface area contributed by atoms with E-state index in [2.05, 4.69) is 16.9 Å². The Morgan fingerprint density at radius 3 is 2.56 bits per heavy atom. The molecule has 1 aliphatic heterocycles. The van der Waals surface area contributed by atoms with Crippen LogP contribution in [0.25, 0.3) is 16.8 Å². The third-order valence-corrected chi connectivity index (χ3v) is 5.77. The molecule has 3 N–H and O–H groups in total. The smallest absolute Gasteiger partial charge is 0.255 e. The van der Waals surface area contributed by atoms with Crippen LogP contribution >= 0.6 is 0 Å². The summed E-state index contributed by atoms with van der Waals surface area (Å²) < 4.78 is 1.88. The van der Waals surface area contributed by atoms with Gasteiger partial charge in [0.25, 0.3) is 5.91 Å². The van der Waals surface area contributed by atoms with Crippen LogP contribution < -0.4 is 16.0 Å². The number of para-hydroxylation sites is 1. The number of anilines is 3. The first-order chi connectivity index (χ1) is 16.5. The maximum atomic E-state index is 12.6. The van der Waals surface area contributed by atoms with Gasteiger partial charge in [0.2, 0.25) is 11.9 Å². The zero-order valence-electron chi connectivity index (χ0n) is 18.4. The summed E-state index contributed by atoms with van der Waals surface area (Å²) in [5.74, 6) is 0.706.